The lowest BCUT2D eigenvalue weighted by Gasteiger charge is -2.33. The smallest absolute Gasteiger partial charge is 0.477 e. The first-order valence-corrected chi connectivity index (χ1v) is 14.7. The SMILES string of the molecule is CCC(C)N[C@@](Cc1ccc(OC(=O)OC(C)CC)c(OC(=O)OC(C)CC)c1)(OC(=O)OC1CCCCC1)C(=O)O. The Kier molecular flexibility index (Phi) is 13.9. The van der Waals surface area contributed by atoms with Crippen molar-refractivity contribution in [1.82, 2.24) is 5.32 Å². The molecule has 12 heteroatoms. The molecule has 12 nitrogen and oxygen atoms in total. The van der Waals surface area contributed by atoms with Crippen molar-refractivity contribution in [2.24, 2.45) is 0 Å². The molecule has 1 fully saturated rings. The predicted octanol–water partition coefficient (Wildman–Crippen LogP) is 6.51. The van der Waals surface area contributed by atoms with Crippen molar-refractivity contribution in [2.45, 2.75) is 129 Å². The summed E-state index contributed by atoms with van der Waals surface area (Å²) in [4.78, 5) is 50.3. The van der Waals surface area contributed by atoms with E-state index in [0.29, 0.717) is 32.1 Å². The second-order valence-electron chi connectivity index (χ2n) is 10.7. The molecular formula is C30H45NO11. The second-order valence-corrected chi connectivity index (χ2v) is 10.7. The van der Waals surface area contributed by atoms with Crippen LogP contribution in [0.4, 0.5) is 14.4 Å². The molecule has 1 aromatic rings. The van der Waals surface area contributed by atoms with E-state index in [-0.39, 0.29) is 35.6 Å². The van der Waals surface area contributed by atoms with E-state index in [9.17, 15) is 24.3 Å². The average Bonchev–Trinajstić information content (AvgIpc) is 2.94. The Morgan fingerprint density at radius 1 is 0.857 bits per heavy atom. The first kappa shape index (κ1) is 34.7. The lowest BCUT2D eigenvalue weighted by Crippen LogP contribution is -2.59. The molecule has 1 saturated carbocycles. The van der Waals surface area contributed by atoms with Gasteiger partial charge in [-0.05, 0) is 83.4 Å². The molecule has 0 amide bonds. The van der Waals surface area contributed by atoms with Gasteiger partial charge in [-0.2, -0.15) is 0 Å². The van der Waals surface area contributed by atoms with Crippen LogP contribution in [-0.4, -0.2) is 59.6 Å². The Balaban J connectivity index is 2.40. The van der Waals surface area contributed by atoms with Gasteiger partial charge in [0.05, 0.1) is 0 Å². The van der Waals surface area contributed by atoms with Crippen molar-refractivity contribution < 1.29 is 52.7 Å². The Labute approximate surface area is 247 Å². The van der Waals surface area contributed by atoms with Crippen LogP contribution < -0.4 is 14.8 Å². The predicted molar refractivity (Wildman–Crippen MR) is 152 cm³/mol. The quantitative estimate of drug-likeness (QED) is 0.104. The first-order chi connectivity index (χ1) is 19.9. The van der Waals surface area contributed by atoms with E-state index in [0.717, 1.165) is 19.3 Å². The largest absolute Gasteiger partial charge is 0.514 e. The molecule has 4 atom stereocenters. The number of carbonyl (C=O) groups excluding carboxylic acids is 3. The van der Waals surface area contributed by atoms with Gasteiger partial charge in [0.2, 0.25) is 0 Å². The molecule has 2 N–H and O–H groups in total. The number of rotatable bonds is 14. The Morgan fingerprint density at radius 3 is 1.95 bits per heavy atom. The van der Waals surface area contributed by atoms with E-state index >= 15 is 0 Å². The van der Waals surface area contributed by atoms with Gasteiger partial charge in [0.25, 0.3) is 5.72 Å². The number of ether oxygens (including phenoxy) is 6. The van der Waals surface area contributed by atoms with Crippen LogP contribution in [0.5, 0.6) is 11.5 Å². The maximum atomic E-state index is 12.8. The normalized spacial score (nSPS) is 17.1. The number of carboxylic acids is 1. The fourth-order valence-corrected chi connectivity index (χ4v) is 4.12. The van der Waals surface area contributed by atoms with Crippen LogP contribution in [0.2, 0.25) is 0 Å². The summed E-state index contributed by atoms with van der Waals surface area (Å²) < 4.78 is 32.0. The topological polar surface area (TPSA) is 156 Å². The van der Waals surface area contributed by atoms with Crippen molar-refractivity contribution >= 4 is 24.4 Å². The molecule has 3 unspecified atom stereocenters. The zero-order chi connectivity index (χ0) is 31.3. The molecule has 0 radical (unpaired) electrons. The molecule has 0 aliphatic heterocycles. The summed E-state index contributed by atoms with van der Waals surface area (Å²) in [5.41, 5.74) is -1.93. The van der Waals surface area contributed by atoms with E-state index in [1.54, 1.807) is 20.8 Å². The van der Waals surface area contributed by atoms with Gasteiger partial charge in [-0.25, -0.2) is 19.2 Å². The molecule has 236 valence electrons. The highest BCUT2D eigenvalue weighted by atomic mass is 16.8. The molecule has 0 bridgehead atoms. The molecule has 2 rings (SSSR count). The van der Waals surface area contributed by atoms with Gasteiger partial charge >= 0.3 is 24.4 Å². The fourth-order valence-electron chi connectivity index (χ4n) is 4.12. The average molecular weight is 596 g/mol. The van der Waals surface area contributed by atoms with E-state index < -0.39 is 42.4 Å². The number of aliphatic carboxylic acids is 1. The molecule has 1 aliphatic carbocycles. The standard InChI is InChI=1S/C30H45NO11/c1-7-19(4)31-30(26(32)33,42-29(36)39-23-13-11-10-12-14-23)18-22-15-16-24(40-27(34)37-20(5)8-2)25(17-22)41-28(35)38-21(6)9-3/h15-17,19-21,23,31H,7-14,18H2,1-6H3,(H,32,33)/t19?,20?,21?,30-/m0/s1. The van der Waals surface area contributed by atoms with E-state index in [1.165, 1.54) is 18.2 Å². The van der Waals surface area contributed by atoms with Gasteiger partial charge in [0.1, 0.15) is 18.3 Å². The van der Waals surface area contributed by atoms with Crippen molar-refractivity contribution in [3.05, 3.63) is 23.8 Å². The summed E-state index contributed by atoms with van der Waals surface area (Å²) in [6.45, 7) is 10.6. The number of hydrogen-bond acceptors (Lipinski definition) is 11. The summed E-state index contributed by atoms with van der Waals surface area (Å²) in [6.07, 6.45) is 1.15. The van der Waals surface area contributed by atoms with Crippen molar-refractivity contribution in [1.29, 1.82) is 0 Å². The molecule has 0 aromatic heterocycles. The van der Waals surface area contributed by atoms with Gasteiger partial charge < -0.3 is 33.5 Å². The van der Waals surface area contributed by atoms with Gasteiger partial charge in [0.15, 0.2) is 11.5 Å². The zero-order valence-electron chi connectivity index (χ0n) is 25.4. The van der Waals surface area contributed by atoms with Crippen LogP contribution in [-0.2, 0) is 30.2 Å². The first-order valence-electron chi connectivity index (χ1n) is 14.7. The highest BCUT2D eigenvalue weighted by Gasteiger charge is 2.45. The summed E-state index contributed by atoms with van der Waals surface area (Å²) in [5, 5.41) is 13.2. The lowest BCUT2D eigenvalue weighted by molar-refractivity contribution is -0.168. The molecule has 1 aliphatic rings. The van der Waals surface area contributed by atoms with Crippen LogP contribution in [0, 0.1) is 0 Å². The van der Waals surface area contributed by atoms with Gasteiger partial charge in [-0.15, -0.1) is 0 Å². The molecule has 1 aromatic carbocycles. The fraction of sp³-hybridized carbons (Fsp3) is 0.667. The Bertz CT molecular complexity index is 1060. The van der Waals surface area contributed by atoms with Crippen LogP contribution in [0.25, 0.3) is 0 Å². The Morgan fingerprint density at radius 2 is 1.43 bits per heavy atom. The second kappa shape index (κ2) is 16.8. The Hall–Kier alpha value is -3.54. The number of benzene rings is 1. The third-order valence-corrected chi connectivity index (χ3v) is 7.10. The van der Waals surface area contributed by atoms with Gasteiger partial charge in [0, 0.05) is 12.5 Å². The minimum Gasteiger partial charge on any atom is -0.477 e. The maximum Gasteiger partial charge on any atom is 0.514 e. The monoisotopic (exact) mass is 595 g/mol. The highest BCUT2D eigenvalue weighted by molar-refractivity contribution is 5.80. The number of carbonyl (C=O) groups is 4. The summed E-state index contributed by atoms with van der Waals surface area (Å²) in [7, 11) is 0. The molecular weight excluding hydrogens is 550 g/mol. The maximum absolute atomic E-state index is 12.8. The minimum absolute atomic E-state index is 0.151. The third-order valence-electron chi connectivity index (χ3n) is 7.10. The summed E-state index contributed by atoms with van der Waals surface area (Å²) >= 11 is 0. The van der Waals surface area contributed by atoms with Crippen molar-refractivity contribution in [2.75, 3.05) is 0 Å². The third kappa shape index (κ3) is 11.0. The van der Waals surface area contributed by atoms with Gasteiger partial charge in [-0.1, -0.05) is 33.3 Å². The van der Waals surface area contributed by atoms with Crippen LogP contribution >= 0.6 is 0 Å². The number of carboxylic acid groups (broad SMARTS) is 1. The van der Waals surface area contributed by atoms with Crippen molar-refractivity contribution in [3.63, 3.8) is 0 Å². The molecule has 0 saturated heterocycles. The number of nitrogens with one attached hydrogen (secondary N) is 1. The minimum atomic E-state index is -2.21. The zero-order valence-corrected chi connectivity index (χ0v) is 25.4. The lowest BCUT2D eigenvalue weighted by atomic mass is 9.98. The van der Waals surface area contributed by atoms with Gasteiger partial charge in [-0.3, -0.25) is 5.32 Å². The van der Waals surface area contributed by atoms with E-state index in [2.05, 4.69) is 5.32 Å². The van der Waals surface area contributed by atoms with Crippen molar-refractivity contribution in [3.8, 4) is 11.5 Å². The van der Waals surface area contributed by atoms with Crippen LogP contribution in [0.15, 0.2) is 18.2 Å². The summed E-state index contributed by atoms with van der Waals surface area (Å²) in [5.74, 6) is -1.81. The summed E-state index contributed by atoms with van der Waals surface area (Å²) in [6, 6.07) is 3.75. The van der Waals surface area contributed by atoms with Crippen LogP contribution in [0.1, 0.15) is 98.5 Å². The van der Waals surface area contributed by atoms with Crippen LogP contribution in [0.3, 0.4) is 0 Å². The van der Waals surface area contributed by atoms with E-state index in [4.69, 9.17) is 28.4 Å². The molecule has 0 spiro atoms. The molecule has 0 heterocycles. The molecule has 42 heavy (non-hydrogen) atoms. The highest BCUT2D eigenvalue weighted by Crippen LogP contribution is 2.32. The number of hydrogen-bond donors (Lipinski definition) is 2. The van der Waals surface area contributed by atoms with E-state index in [1.807, 2.05) is 20.8 Å².